The fourth-order valence-corrected chi connectivity index (χ4v) is 8.32. The van der Waals surface area contributed by atoms with E-state index < -0.39 is 28.3 Å². The number of aliphatic hydroxyl groups is 1. The smallest absolute Gasteiger partial charge is 0.330 e. The number of carbonyl (C=O) groups excluding carboxylic acids is 3. The van der Waals surface area contributed by atoms with Gasteiger partial charge in [-0.2, -0.15) is 0 Å². The molecule has 3 rings (SSSR count). The summed E-state index contributed by atoms with van der Waals surface area (Å²) in [7, 11) is 0. The van der Waals surface area contributed by atoms with Gasteiger partial charge in [0.15, 0.2) is 0 Å². The first-order valence-electron chi connectivity index (χ1n) is 13.7. The van der Waals surface area contributed by atoms with Gasteiger partial charge in [0.1, 0.15) is 17.3 Å². The summed E-state index contributed by atoms with van der Waals surface area (Å²) in [6.07, 6.45) is 5.71. The van der Waals surface area contributed by atoms with E-state index in [1.807, 2.05) is 27.7 Å². The zero-order chi connectivity index (χ0) is 27.3. The summed E-state index contributed by atoms with van der Waals surface area (Å²) < 4.78 is 0. The highest BCUT2D eigenvalue weighted by Crippen LogP contribution is 2.70. The lowest BCUT2D eigenvalue weighted by Crippen LogP contribution is -2.68. The summed E-state index contributed by atoms with van der Waals surface area (Å²) in [6, 6.07) is 0. The summed E-state index contributed by atoms with van der Waals surface area (Å²) in [5, 5.41) is 20.7. The molecule has 3 aliphatic carbocycles. The van der Waals surface area contributed by atoms with Crippen LogP contribution in [-0.4, -0.2) is 39.6 Å². The maximum absolute atomic E-state index is 13.5. The Morgan fingerprint density at radius 2 is 1.69 bits per heavy atom. The Morgan fingerprint density at radius 3 is 2.31 bits per heavy atom. The number of Topliss-reactive ketones (excluding diaryl/α,β-unsaturated/α-hetero) is 3. The van der Waals surface area contributed by atoms with Gasteiger partial charge in [-0.1, -0.05) is 47.6 Å². The molecule has 36 heavy (non-hydrogen) atoms. The van der Waals surface area contributed by atoms with Crippen LogP contribution in [0.1, 0.15) is 106 Å². The minimum atomic E-state index is -0.951. The predicted octanol–water partition coefficient (Wildman–Crippen LogP) is 5.55. The zero-order valence-electron chi connectivity index (χ0n) is 23.3. The monoisotopic (exact) mass is 502 g/mol. The van der Waals surface area contributed by atoms with Crippen LogP contribution >= 0.6 is 0 Å². The van der Waals surface area contributed by atoms with E-state index in [1.165, 1.54) is 0 Å². The van der Waals surface area contributed by atoms with Crippen LogP contribution in [-0.2, 0) is 19.2 Å². The Morgan fingerprint density at radius 1 is 1.06 bits per heavy atom. The molecule has 0 heterocycles. The molecular formula is C30H46O6. The van der Waals surface area contributed by atoms with Crippen molar-refractivity contribution in [1.82, 2.24) is 0 Å². The van der Waals surface area contributed by atoms with Crippen molar-refractivity contribution in [2.45, 2.75) is 112 Å². The average molecular weight is 503 g/mol. The molecule has 0 amide bonds. The molecule has 6 nitrogen and oxygen atoms in total. The Kier molecular flexibility index (Phi) is 7.83. The van der Waals surface area contributed by atoms with Gasteiger partial charge < -0.3 is 10.2 Å². The minimum Gasteiger partial charge on any atom is -0.478 e. The molecule has 0 spiro atoms. The SMILES string of the molecule is C/C(=C/CC[C@H](C)C(=O)CC[C@]1(C)C(=O)CC[C@@H]2[C@@]3(C)CCC(=O)C(C)(C)[C@@H]3C[C@@H](O)[C@]21C)C(=O)O. The lowest BCUT2D eigenvalue weighted by atomic mass is 9.35. The molecule has 2 N–H and O–H groups in total. The van der Waals surface area contributed by atoms with Gasteiger partial charge in [0.2, 0.25) is 0 Å². The van der Waals surface area contributed by atoms with Crippen molar-refractivity contribution >= 4 is 23.3 Å². The molecule has 202 valence electrons. The maximum atomic E-state index is 13.5. The van der Waals surface area contributed by atoms with Gasteiger partial charge in [0.25, 0.3) is 0 Å². The van der Waals surface area contributed by atoms with Crippen LogP contribution in [0.15, 0.2) is 11.6 Å². The summed E-state index contributed by atoms with van der Waals surface area (Å²) in [6.45, 7) is 13.8. The van der Waals surface area contributed by atoms with Crippen molar-refractivity contribution in [3.05, 3.63) is 11.6 Å². The average Bonchev–Trinajstić information content (AvgIpc) is 2.80. The number of fused-ring (bicyclic) bond motifs is 3. The van der Waals surface area contributed by atoms with Crippen LogP contribution in [0.2, 0.25) is 0 Å². The van der Waals surface area contributed by atoms with Crippen LogP contribution in [0.5, 0.6) is 0 Å². The third-order valence-electron chi connectivity index (χ3n) is 11.2. The largest absolute Gasteiger partial charge is 0.478 e. The van der Waals surface area contributed by atoms with Gasteiger partial charge in [-0.05, 0) is 62.7 Å². The number of carbonyl (C=O) groups is 4. The number of rotatable bonds is 8. The lowest BCUT2D eigenvalue weighted by Gasteiger charge is -2.68. The first-order valence-corrected chi connectivity index (χ1v) is 13.7. The van der Waals surface area contributed by atoms with E-state index in [1.54, 1.807) is 13.0 Å². The van der Waals surface area contributed by atoms with Crippen LogP contribution < -0.4 is 0 Å². The minimum absolute atomic E-state index is 0.0701. The zero-order valence-corrected chi connectivity index (χ0v) is 23.3. The normalized spacial score (nSPS) is 39.2. The molecule has 0 radical (unpaired) electrons. The second kappa shape index (κ2) is 9.81. The fourth-order valence-electron chi connectivity index (χ4n) is 8.32. The molecule has 7 atom stereocenters. The molecule has 0 aromatic heterocycles. The summed E-state index contributed by atoms with van der Waals surface area (Å²) in [5.74, 6) is -0.524. The molecule has 3 aliphatic rings. The molecule has 0 aromatic rings. The van der Waals surface area contributed by atoms with Gasteiger partial charge in [0, 0.05) is 47.0 Å². The molecule has 0 unspecified atom stereocenters. The van der Waals surface area contributed by atoms with Crippen molar-refractivity contribution in [3.63, 3.8) is 0 Å². The van der Waals surface area contributed by atoms with Crippen molar-refractivity contribution < 1.29 is 29.4 Å². The van der Waals surface area contributed by atoms with Gasteiger partial charge >= 0.3 is 5.97 Å². The number of ketones is 3. The fraction of sp³-hybridized carbons (Fsp3) is 0.800. The van der Waals surface area contributed by atoms with Crippen LogP contribution in [0.25, 0.3) is 0 Å². The predicted molar refractivity (Wildman–Crippen MR) is 138 cm³/mol. The third-order valence-corrected chi connectivity index (χ3v) is 11.2. The Bertz CT molecular complexity index is 962. The molecule has 0 aliphatic heterocycles. The van der Waals surface area contributed by atoms with Gasteiger partial charge in [-0.15, -0.1) is 0 Å². The van der Waals surface area contributed by atoms with E-state index in [2.05, 4.69) is 13.8 Å². The van der Waals surface area contributed by atoms with Crippen LogP contribution in [0, 0.1) is 39.4 Å². The summed E-state index contributed by atoms with van der Waals surface area (Å²) in [5.41, 5.74) is -1.83. The first-order chi connectivity index (χ1) is 16.5. The van der Waals surface area contributed by atoms with E-state index in [0.29, 0.717) is 38.5 Å². The standard InChI is InChI=1S/C30H46O6/c1-18(9-8-10-19(2)26(35)36)20(31)13-16-29(6)24(33)12-11-21-28(5)15-14-23(32)27(3,4)22(28)17-25(34)30(21,29)7/h10,18,21-22,25,34H,8-9,11-17H2,1-7H3,(H,35,36)/b19-10-/t18-,21+,22-,25+,28+,29+,30-/m0/s1. The number of carboxylic acids is 1. The second-order valence-corrected chi connectivity index (χ2v) is 13.2. The number of carboxylic acid groups (broad SMARTS) is 1. The second-order valence-electron chi connectivity index (χ2n) is 13.2. The van der Waals surface area contributed by atoms with E-state index in [-0.39, 0.29) is 52.5 Å². The quantitative estimate of drug-likeness (QED) is 0.421. The lowest BCUT2D eigenvalue weighted by molar-refractivity contribution is -0.231. The Balaban J connectivity index is 1.82. The van der Waals surface area contributed by atoms with E-state index >= 15 is 0 Å². The molecule has 0 saturated heterocycles. The highest BCUT2D eigenvalue weighted by Gasteiger charge is 2.69. The number of allylic oxidation sites excluding steroid dienone is 1. The van der Waals surface area contributed by atoms with Crippen LogP contribution in [0.3, 0.4) is 0 Å². The molecule has 6 heteroatoms. The topological polar surface area (TPSA) is 109 Å². The van der Waals surface area contributed by atoms with Gasteiger partial charge in [-0.25, -0.2) is 4.79 Å². The summed E-state index contributed by atoms with van der Waals surface area (Å²) in [4.78, 5) is 50.4. The van der Waals surface area contributed by atoms with Crippen molar-refractivity contribution in [1.29, 1.82) is 0 Å². The number of hydrogen-bond donors (Lipinski definition) is 2. The summed E-state index contributed by atoms with van der Waals surface area (Å²) >= 11 is 0. The highest BCUT2D eigenvalue weighted by molar-refractivity contribution is 5.89. The molecule has 0 bridgehead atoms. The third kappa shape index (κ3) is 4.41. The molecule has 0 aromatic carbocycles. The highest BCUT2D eigenvalue weighted by atomic mass is 16.4. The van der Waals surface area contributed by atoms with E-state index in [0.717, 1.165) is 12.8 Å². The Hall–Kier alpha value is -1.82. The Labute approximate surface area is 216 Å². The molecule has 3 saturated carbocycles. The van der Waals surface area contributed by atoms with Gasteiger partial charge in [-0.3, -0.25) is 14.4 Å². The first kappa shape index (κ1) is 28.7. The number of hydrogen-bond acceptors (Lipinski definition) is 5. The van der Waals surface area contributed by atoms with Crippen molar-refractivity contribution in [2.24, 2.45) is 39.4 Å². The number of aliphatic hydroxyl groups excluding tert-OH is 1. The molecule has 3 fully saturated rings. The van der Waals surface area contributed by atoms with Gasteiger partial charge in [0.05, 0.1) is 6.10 Å². The van der Waals surface area contributed by atoms with E-state index in [9.17, 15) is 24.3 Å². The maximum Gasteiger partial charge on any atom is 0.330 e. The molecular weight excluding hydrogens is 456 g/mol. The van der Waals surface area contributed by atoms with Crippen molar-refractivity contribution in [2.75, 3.05) is 0 Å². The van der Waals surface area contributed by atoms with Crippen molar-refractivity contribution in [3.8, 4) is 0 Å². The van der Waals surface area contributed by atoms with E-state index in [4.69, 9.17) is 5.11 Å². The number of aliphatic carboxylic acids is 1. The van der Waals surface area contributed by atoms with Crippen LogP contribution in [0.4, 0.5) is 0 Å².